The second kappa shape index (κ2) is 10.4. The fraction of sp³-hybridized carbons (Fsp3) is 0.321. The van der Waals surface area contributed by atoms with Gasteiger partial charge in [0.25, 0.3) is 0 Å². The molecule has 0 saturated carbocycles. The van der Waals surface area contributed by atoms with Gasteiger partial charge in [-0.2, -0.15) is 0 Å². The van der Waals surface area contributed by atoms with E-state index in [2.05, 4.69) is 24.3 Å². The van der Waals surface area contributed by atoms with E-state index in [0.29, 0.717) is 18.4 Å². The van der Waals surface area contributed by atoms with Crippen LogP contribution in [0.15, 0.2) is 72.8 Å². The molecule has 0 saturated heterocycles. The molecular formula is C28H30F2NO2+. The number of fused-ring (bicyclic) bond motifs is 1. The first-order valence-corrected chi connectivity index (χ1v) is 11.6. The van der Waals surface area contributed by atoms with E-state index in [1.54, 1.807) is 24.3 Å². The molecule has 1 aliphatic rings. The fourth-order valence-corrected chi connectivity index (χ4v) is 4.90. The van der Waals surface area contributed by atoms with Crippen LogP contribution in [-0.2, 0) is 13.1 Å². The molecule has 0 aromatic heterocycles. The second-order valence-electron chi connectivity index (χ2n) is 9.12. The number of hydrogen-bond acceptors (Lipinski definition) is 2. The minimum absolute atomic E-state index is 0.0385. The number of quaternary nitrogens is 1. The lowest BCUT2D eigenvalue weighted by Crippen LogP contribution is -2.44. The van der Waals surface area contributed by atoms with E-state index >= 15 is 0 Å². The summed E-state index contributed by atoms with van der Waals surface area (Å²) in [6.45, 7) is 3.62. The van der Waals surface area contributed by atoms with E-state index < -0.39 is 6.10 Å². The van der Waals surface area contributed by atoms with Crippen LogP contribution in [0.5, 0.6) is 0 Å². The molecule has 0 spiro atoms. The highest BCUT2D eigenvalue weighted by atomic mass is 19.1. The summed E-state index contributed by atoms with van der Waals surface area (Å²) in [7, 11) is 0. The Labute approximate surface area is 193 Å². The van der Waals surface area contributed by atoms with E-state index in [0.717, 1.165) is 49.1 Å². The number of nitrogens with zero attached hydrogens (tertiary/aromatic N) is 1. The van der Waals surface area contributed by atoms with Gasteiger partial charge in [0.15, 0.2) is 5.78 Å². The van der Waals surface area contributed by atoms with Gasteiger partial charge in [-0.15, -0.1) is 0 Å². The molecule has 3 aromatic carbocycles. The van der Waals surface area contributed by atoms with Crippen LogP contribution in [0.2, 0.25) is 0 Å². The summed E-state index contributed by atoms with van der Waals surface area (Å²) < 4.78 is 27.2. The highest BCUT2D eigenvalue weighted by Gasteiger charge is 2.35. The number of benzene rings is 3. The Hall–Kier alpha value is -2.89. The Morgan fingerprint density at radius 1 is 0.818 bits per heavy atom. The number of hydrogen-bond donors (Lipinski definition) is 1. The topological polar surface area (TPSA) is 37.3 Å². The van der Waals surface area contributed by atoms with Crippen molar-refractivity contribution in [3.8, 4) is 0 Å². The third kappa shape index (κ3) is 5.92. The minimum atomic E-state index is -0.615. The summed E-state index contributed by atoms with van der Waals surface area (Å²) in [6, 6.07) is 20.2. The van der Waals surface area contributed by atoms with Gasteiger partial charge >= 0.3 is 0 Å². The third-order valence-electron chi connectivity index (χ3n) is 6.70. The van der Waals surface area contributed by atoms with E-state index in [-0.39, 0.29) is 17.4 Å². The van der Waals surface area contributed by atoms with Crippen molar-refractivity contribution in [2.45, 2.75) is 44.9 Å². The van der Waals surface area contributed by atoms with Crippen molar-refractivity contribution in [3.05, 3.63) is 107 Å². The quantitative estimate of drug-likeness (QED) is 0.305. The zero-order valence-electron chi connectivity index (χ0n) is 18.7. The van der Waals surface area contributed by atoms with Crippen molar-refractivity contribution in [3.63, 3.8) is 0 Å². The smallest absolute Gasteiger partial charge is 0.163 e. The zero-order chi connectivity index (χ0) is 23.3. The Bertz CT molecular complexity index is 1050. The van der Waals surface area contributed by atoms with Crippen LogP contribution in [0, 0.1) is 11.6 Å². The predicted octanol–water partition coefficient (Wildman–Crippen LogP) is 5.97. The van der Waals surface area contributed by atoms with Gasteiger partial charge in [-0.3, -0.25) is 4.79 Å². The standard InChI is InChI=1S/C28H30F2NO2/c29-25-13-9-21(10-14-25)27(32)7-3-17-31(19-23-5-1-2-6-24(23)20-31)18-4-8-28(33)22-11-15-26(30)16-12-22/h1-2,5-6,9-16,27,32H,3-4,7-8,17-20H2/q+1. The van der Waals surface area contributed by atoms with Crippen molar-refractivity contribution in [2.75, 3.05) is 13.1 Å². The predicted molar refractivity (Wildman–Crippen MR) is 124 cm³/mol. The lowest BCUT2D eigenvalue weighted by molar-refractivity contribution is -0.947. The lowest BCUT2D eigenvalue weighted by Gasteiger charge is -2.35. The van der Waals surface area contributed by atoms with E-state index in [1.807, 2.05) is 0 Å². The SMILES string of the molecule is O=C(CCC[N+]1(CCCC(O)c2ccc(F)cc2)Cc2ccccc2C1)c1ccc(F)cc1. The molecule has 4 rings (SSSR count). The van der Waals surface area contributed by atoms with Gasteiger partial charge in [0, 0.05) is 29.5 Å². The first-order valence-electron chi connectivity index (χ1n) is 11.6. The molecule has 1 aliphatic heterocycles. The lowest BCUT2D eigenvalue weighted by atomic mass is 10.0. The summed E-state index contributed by atoms with van der Waals surface area (Å²) in [5.41, 5.74) is 3.98. The van der Waals surface area contributed by atoms with E-state index in [1.165, 1.54) is 35.4 Å². The van der Waals surface area contributed by atoms with Crippen LogP contribution < -0.4 is 0 Å². The number of carbonyl (C=O) groups excluding carboxylic acids is 1. The van der Waals surface area contributed by atoms with Crippen LogP contribution in [0.1, 0.15) is 58.8 Å². The summed E-state index contributed by atoms with van der Waals surface area (Å²) in [5, 5.41) is 10.5. The Balaban J connectivity index is 1.36. The Morgan fingerprint density at radius 2 is 1.36 bits per heavy atom. The molecule has 0 bridgehead atoms. The highest BCUT2D eigenvalue weighted by molar-refractivity contribution is 5.95. The number of rotatable bonds is 10. The summed E-state index contributed by atoms with van der Waals surface area (Å²) in [6.07, 6.45) is 2.01. The molecule has 1 N–H and O–H groups in total. The number of ketones is 1. The molecule has 3 aromatic rings. The molecule has 1 atom stereocenters. The molecule has 1 unspecified atom stereocenters. The van der Waals surface area contributed by atoms with Crippen LogP contribution in [0.3, 0.4) is 0 Å². The average molecular weight is 451 g/mol. The number of halogens is 2. The molecule has 33 heavy (non-hydrogen) atoms. The summed E-state index contributed by atoms with van der Waals surface area (Å²) in [4.78, 5) is 12.5. The fourth-order valence-electron chi connectivity index (χ4n) is 4.90. The Kier molecular flexibility index (Phi) is 7.31. The van der Waals surface area contributed by atoms with Crippen LogP contribution >= 0.6 is 0 Å². The molecule has 3 nitrogen and oxygen atoms in total. The van der Waals surface area contributed by atoms with Crippen molar-refractivity contribution < 1.29 is 23.2 Å². The maximum atomic E-state index is 13.2. The third-order valence-corrected chi connectivity index (χ3v) is 6.70. The van der Waals surface area contributed by atoms with Gasteiger partial charge in [-0.1, -0.05) is 36.4 Å². The largest absolute Gasteiger partial charge is 0.388 e. The van der Waals surface area contributed by atoms with Crippen molar-refractivity contribution in [1.29, 1.82) is 0 Å². The molecular weight excluding hydrogens is 420 g/mol. The highest BCUT2D eigenvalue weighted by Crippen LogP contribution is 2.32. The van der Waals surface area contributed by atoms with Crippen molar-refractivity contribution in [2.24, 2.45) is 0 Å². The molecule has 5 heteroatoms. The average Bonchev–Trinajstić information content (AvgIpc) is 3.18. The maximum absolute atomic E-state index is 13.2. The monoisotopic (exact) mass is 450 g/mol. The van der Waals surface area contributed by atoms with Gasteiger partial charge in [0.1, 0.15) is 24.7 Å². The molecule has 0 fully saturated rings. The number of aliphatic hydroxyl groups is 1. The summed E-state index contributed by atoms with van der Waals surface area (Å²) in [5.74, 6) is -0.606. The molecule has 1 heterocycles. The van der Waals surface area contributed by atoms with Gasteiger partial charge < -0.3 is 9.59 Å². The van der Waals surface area contributed by atoms with Crippen LogP contribution in [-0.4, -0.2) is 28.5 Å². The summed E-state index contributed by atoms with van der Waals surface area (Å²) >= 11 is 0. The first-order chi connectivity index (χ1) is 15.9. The molecule has 0 amide bonds. The first kappa shape index (κ1) is 23.3. The molecule has 0 aliphatic carbocycles. The number of aliphatic hydroxyl groups excluding tert-OH is 1. The van der Waals surface area contributed by atoms with Gasteiger partial charge in [0.2, 0.25) is 0 Å². The van der Waals surface area contributed by atoms with Gasteiger partial charge in [-0.05, 0) is 54.8 Å². The van der Waals surface area contributed by atoms with Gasteiger partial charge in [-0.25, -0.2) is 8.78 Å². The number of Topliss-reactive ketones (excluding diaryl/α,β-unsaturated/α-hetero) is 1. The normalized spacial score (nSPS) is 15.2. The Morgan fingerprint density at radius 3 is 1.97 bits per heavy atom. The maximum Gasteiger partial charge on any atom is 0.163 e. The van der Waals surface area contributed by atoms with E-state index in [9.17, 15) is 18.7 Å². The molecule has 172 valence electrons. The molecule has 0 radical (unpaired) electrons. The van der Waals surface area contributed by atoms with Crippen molar-refractivity contribution >= 4 is 5.78 Å². The minimum Gasteiger partial charge on any atom is -0.388 e. The van der Waals surface area contributed by atoms with Crippen LogP contribution in [0.25, 0.3) is 0 Å². The van der Waals surface area contributed by atoms with Crippen LogP contribution in [0.4, 0.5) is 8.78 Å². The van der Waals surface area contributed by atoms with Gasteiger partial charge in [0.05, 0.1) is 19.2 Å². The zero-order valence-corrected chi connectivity index (χ0v) is 18.7. The second-order valence-corrected chi connectivity index (χ2v) is 9.12. The van der Waals surface area contributed by atoms with Crippen molar-refractivity contribution in [1.82, 2.24) is 0 Å². The number of carbonyl (C=O) groups is 1. The van der Waals surface area contributed by atoms with E-state index in [4.69, 9.17) is 0 Å².